The van der Waals surface area contributed by atoms with E-state index in [-0.39, 0.29) is 51.4 Å². The molecule has 4 N–H and O–H groups in total. The van der Waals surface area contributed by atoms with Crippen molar-refractivity contribution in [1.82, 2.24) is 0 Å². The number of urea groups is 1. The molecule has 0 saturated heterocycles. The van der Waals surface area contributed by atoms with Crippen molar-refractivity contribution in [2.24, 2.45) is 11.5 Å². The number of primary amides is 2. The molecule has 6 heteroatoms. The minimum absolute atomic E-state index is 0. The van der Waals surface area contributed by atoms with Crippen LogP contribution in [0.4, 0.5) is 4.79 Å². The van der Waals surface area contributed by atoms with Crippen molar-refractivity contribution in [3.63, 3.8) is 0 Å². The van der Waals surface area contributed by atoms with Crippen LogP contribution in [0.5, 0.6) is 0 Å². The molecular formula is C2H4KN3O2. The topological polar surface area (TPSA) is 116 Å². The van der Waals surface area contributed by atoms with Gasteiger partial charge in [-0.1, -0.05) is 0 Å². The standard InChI is InChI=1S/CH4N2O.CHNO.K/c2-1(3)4;2-1-3;/h(H4,2,3,4);3H;/q;;+1/p-1. The Morgan fingerprint density at radius 1 is 1.62 bits per heavy atom. The van der Waals surface area contributed by atoms with E-state index in [1.54, 1.807) is 0 Å². The van der Waals surface area contributed by atoms with Crippen LogP contribution in [0.25, 0.3) is 0 Å². The minimum Gasteiger partial charge on any atom is -0.812 e. The van der Waals surface area contributed by atoms with Gasteiger partial charge in [-0.3, -0.25) is 0 Å². The van der Waals surface area contributed by atoms with Crippen LogP contribution in [0.2, 0.25) is 0 Å². The van der Waals surface area contributed by atoms with E-state index in [0.717, 1.165) is 0 Å². The van der Waals surface area contributed by atoms with Crippen molar-refractivity contribution >= 4 is 6.03 Å². The van der Waals surface area contributed by atoms with Gasteiger partial charge in [0, 0.05) is 6.26 Å². The Labute approximate surface area is 89.1 Å². The Kier molecular flexibility index (Phi) is 30.8. The fourth-order valence-electron chi connectivity index (χ4n) is 0. The Morgan fingerprint density at radius 3 is 1.62 bits per heavy atom. The van der Waals surface area contributed by atoms with Crippen LogP contribution in [-0.2, 0) is 0 Å². The molecule has 0 rings (SSSR count). The normalized spacial score (nSPS) is 3.88. The summed E-state index contributed by atoms with van der Waals surface area (Å²) in [5.41, 5.74) is 8.50. The molecule has 8 heavy (non-hydrogen) atoms. The van der Waals surface area contributed by atoms with Gasteiger partial charge in [0.25, 0.3) is 0 Å². The molecular weight excluding hydrogens is 137 g/mol. The van der Waals surface area contributed by atoms with E-state index in [9.17, 15) is 0 Å². The Bertz CT molecular complexity index is 83.8. The number of carbonyl (C=O) groups is 1. The quantitative estimate of drug-likeness (QED) is 0.259. The maximum Gasteiger partial charge on any atom is 1.00 e. The summed E-state index contributed by atoms with van der Waals surface area (Å²) >= 11 is 0. The molecule has 0 bridgehead atoms. The Hall–Kier alpha value is 0.196. The molecule has 0 aromatic rings. The van der Waals surface area contributed by atoms with Gasteiger partial charge in [-0.15, -0.1) is 0 Å². The number of hydrogen-bond acceptors (Lipinski definition) is 3. The van der Waals surface area contributed by atoms with Crippen molar-refractivity contribution in [1.29, 1.82) is 5.26 Å². The van der Waals surface area contributed by atoms with Crippen LogP contribution in [0.15, 0.2) is 0 Å². The molecule has 0 aromatic carbocycles. The van der Waals surface area contributed by atoms with Crippen LogP contribution < -0.4 is 68.0 Å². The molecule has 40 valence electrons. The summed E-state index contributed by atoms with van der Waals surface area (Å²) < 4.78 is 0. The summed E-state index contributed by atoms with van der Waals surface area (Å²) in [6.07, 6.45) is 0.500. The Balaban J connectivity index is -0.0000000575. The van der Waals surface area contributed by atoms with Crippen LogP contribution in [0.1, 0.15) is 0 Å². The van der Waals surface area contributed by atoms with Crippen molar-refractivity contribution in [3.8, 4) is 6.26 Å². The molecule has 0 aliphatic carbocycles. The number of nitrogens with two attached hydrogens (primary N) is 2. The fourth-order valence-corrected chi connectivity index (χ4v) is 0. The zero-order valence-corrected chi connectivity index (χ0v) is 7.54. The monoisotopic (exact) mass is 141 g/mol. The first-order valence-corrected chi connectivity index (χ1v) is 1.21. The first kappa shape index (κ1) is 15.7. The molecule has 0 aromatic heterocycles. The van der Waals surface area contributed by atoms with Crippen molar-refractivity contribution in [2.45, 2.75) is 0 Å². The second kappa shape index (κ2) is 15.7. The number of amides is 2. The molecule has 5 nitrogen and oxygen atoms in total. The summed E-state index contributed by atoms with van der Waals surface area (Å²) in [5.74, 6) is 0. The van der Waals surface area contributed by atoms with E-state index in [1.807, 2.05) is 0 Å². The minimum atomic E-state index is -0.833. The summed E-state index contributed by atoms with van der Waals surface area (Å²) in [5, 5.41) is 15.0. The Morgan fingerprint density at radius 2 is 1.62 bits per heavy atom. The SMILES string of the molecule is N#C[O-].NC(N)=O.[K+]. The van der Waals surface area contributed by atoms with E-state index < -0.39 is 6.03 Å². The first-order chi connectivity index (χ1) is 3.15. The van der Waals surface area contributed by atoms with E-state index in [1.165, 1.54) is 0 Å². The molecule has 0 aliphatic rings. The van der Waals surface area contributed by atoms with Gasteiger partial charge in [-0.05, 0) is 0 Å². The summed E-state index contributed by atoms with van der Waals surface area (Å²) in [6, 6.07) is -0.833. The number of carbonyl (C=O) groups excluding carboxylic acids is 1. The molecule has 0 spiro atoms. The van der Waals surface area contributed by atoms with Gasteiger partial charge in [0.2, 0.25) is 0 Å². The molecule has 2 amide bonds. The van der Waals surface area contributed by atoms with Crippen LogP contribution in [-0.4, -0.2) is 6.03 Å². The average Bonchev–Trinajstić information content (AvgIpc) is 1.33. The molecule has 0 saturated carbocycles. The van der Waals surface area contributed by atoms with Crippen molar-refractivity contribution in [3.05, 3.63) is 0 Å². The second-order valence-corrected chi connectivity index (χ2v) is 0.494. The smallest absolute Gasteiger partial charge is 0.812 e. The van der Waals surface area contributed by atoms with Gasteiger partial charge in [0.15, 0.2) is 0 Å². The summed E-state index contributed by atoms with van der Waals surface area (Å²) in [6.45, 7) is 0. The molecule has 0 fully saturated rings. The average molecular weight is 141 g/mol. The van der Waals surface area contributed by atoms with E-state index in [4.69, 9.17) is 15.2 Å². The fraction of sp³-hybridized carbons (Fsp3) is 0. The summed E-state index contributed by atoms with van der Waals surface area (Å²) in [4.78, 5) is 9.00. The molecule has 0 unspecified atom stereocenters. The predicted octanol–water partition coefficient (Wildman–Crippen LogP) is -5.14. The zero-order valence-electron chi connectivity index (χ0n) is 4.42. The van der Waals surface area contributed by atoms with Crippen LogP contribution in [0, 0.1) is 11.5 Å². The van der Waals surface area contributed by atoms with Gasteiger partial charge >= 0.3 is 57.4 Å². The van der Waals surface area contributed by atoms with Crippen LogP contribution in [0.3, 0.4) is 0 Å². The third-order valence-electron chi connectivity index (χ3n) is 0. The van der Waals surface area contributed by atoms with Crippen molar-refractivity contribution < 1.29 is 61.3 Å². The first-order valence-electron chi connectivity index (χ1n) is 1.21. The van der Waals surface area contributed by atoms with E-state index in [2.05, 4.69) is 11.5 Å². The molecule has 0 aliphatic heterocycles. The summed E-state index contributed by atoms with van der Waals surface area (Å²) in [7, 11) is 0. The van der Waals surface area contributed by atoms with Crippen molar-refractivity contribution in [2.75, 3.05) is 0 Å². The maximum atomic E-state index is 9.00. The molecule has 0 heterocycles. The van der Waals surface area contributed by atoms with E-state index >= 15 is 0 Å². The van der Waals surface area contributed by atoms with Gasteiger partial charge in [-0.25, -0.2) is 10.1 Å². The van der Waals surface area contributed by atoms with Gasteiger partial charge in [-0.2, -0.15) is 0 Å². The van der Waals surface area contributed by atoms with Gasteiger partial charge in [0.1, 0.15) is 0 Å². The molecule has 0 radical (unpaired) electrons. The van der Waals surface area contributed by atoms with Gasteiger partial charge in [0.05, 0.1) is 0 Å². The van der Waals surface area contributed by atoms with E-state index in [0.29, 0.717) is 6.26 Å². The maximum absolute atomic E-state index is 9.00. The zero-order chi connectivity index (χ0) is 6.28. The second-order valence-electron chi connectivity index (χ2n) is 0.494. The number of hydrogen-bond donors (Lipinski definition) is 2. The van der Waals surface area contributed by atoms with Gasteiger partial charge < -0.3 is 16.6 Å². The number of rotatable bonds is 0. The number of nitriles is 1. The molecule has 0 atom stereocenters. The number of nitrogens with zero attached hydrogens (tertiary/aromatic N) is 1. The predicted molar refractivity (Wildman–Crippen MR) is 19.4 cm³/mol. The largest absolute Gasteiger partial charge is 1.00 e. The third-order valence-corrected chi connectivity index (χ3v) is 0. The third kappa shape index (κ3) is 4340. The van der Waals surface area contributed by atoms with Crippen LogP contribution >= 0.6 is 0 Å².